The molecule has 31 heavy (non-hydrogen) atoms. The Balaban J connectivity index is 1.51. The molecule has 8 heteroatoms. The maximum Gasteiger partial charge on any atom is 0.244 e. The summed E-state index contributed by atoms with van der Waals surface area (Å²) in [6, 6.07) is 11.8. The van der Waals surface area contributed by atoms with Crippen LogP contribution in [0.4, 0.5) is 5.82 Å². The van der Waals surface area contributed by atoms with Crippen molar-refractivity contribution in [2.24, 2.45) is 0 Å². The van der Waals surface area contributed by atoms with E-state index in [0.29, 0.717) is 18.9 Å². The summed E-state index contributed by atoms with van der Waals surface area (Å²) in [6.45, 7) is 8.66. The van der Waals surface area contributed by atoms with E-state index in [9.17, 15) is 8.42 Å². The quantitative estimate of drug-likeness (QED) is 0.637. The standard InChI is InChI=1S/C23H34N4O3S/c1-18(2)30-21-9-7-20(8-10-21)6-5-19(3)25-23-12-11-22(17-24-23)31(28,29)27-15-13-26(4)14-16-27/h7-12,17-19H,5-6,13-16H2,1-4H3,(H,24,25). The first-order valence-electron chi connectivity index (χ1n) is 10.9. The number of rotatable bonds is 9. The molecule has 1 saturated heterocycles. The highest BCUT2D eigenvalue weighted by Gasteiger charge is 2.27. The highest BCUT2D eigenvalue weighted by Crippen LogP contribution is 2.19. The SMILES string of the molecule is CC(CCc1ccc(OC(C)C)cc1)Nc1ccc(S(=O)(=O)N2CCN(C)CC2)cn1. The molecule has 1 aliphatic rings. The highest BCUT2D eigenvalue weighted by molar-refractivity contribution is 7.89. The molecule has 170 valence electrons. The number of hydrogen-bond acceptors (Lipinski definition) is 6. The molecular weight excluding hydrogens is 412 g/mol. The first-order chi connectivity index (χ1) is 14.7. The second-order valence-electron chi connectivity index (χ2n) is 8.48. The zero-order valence-corrected chi connectivity index (χ0v) is 19.7. The third-order valence-electron chi connectivity index (χ3n) is 5.39. The minimum absolute atomic E-state index is 0.172. The lowest BCUT2D eigenvalue weighted by molar-refractivity contribution is 0.222. The molecule has 0 radical (unpaired) electrons. The molecule has 1 atom stereocenters. The van der Waals surface area contributed by atoms with E-state index in [2.05, 4.69) is 34.3 Å². The summed E-state index contributed by atoms with van der Waals surface area (Å²) in [6.07, 6.45) is 3.50. The van der Waals surface area contributed by atoms with E-state index in [1.807, 2.05) is 33.0 Å². The lowest BCUT2D eigenvalue weighted by Crippen LogP contribution is -2.47. The van der Waals surface area contributed by atoms with Gasteiger partial charge >= 0.3 is 0 Å². The van der Waals surface area contributed by atoms with Crippen molar-refractivity contribution in [2.45, 2.75) is 50.7 Å². The van der Waals surface area contributed by atoms with Crippen molar-refractivity contribution >= 4 is 15.8 Å². The van der Waals surface area contributed by atoms with E-state index in [0.717, 1.165) is 31.7 Å². The van der Waals surface area contributed by atoms with Gasteiger partial charge in [0.1, 0.15) is 16.5 Å². The number of nitrogens with one attached hydrogen (secondary N) is 1. The van der Waals surface area contributed by atoms with Crippen LogP contribution in [-0.2, 0) is 16.4 Å². The molecule has 1 aromatic heterocycles. The van der Waals surface area contributed by atoms with Crippen molar-refractivity contribution in [2.75, 3.05) is 38.5 Å². The fraction of sp³-hybridized carbons (Fsp3) is 0.522. The van der Waals surface area contributed by atoms with Crippen LogP contribution < -0.4 is 10.1 Å². The number of likely N-dealkylation sites (N-methyl/N-ethyl adjacent to an activating group) is 1. The first-order valence-corrected chi connectivity index (χ1v) is 12.3. The monoisotopic (exact) mass is 446 g/mol. The van der Waals surface area contributed by atoms with Crippen LogP contribution in [0.1, 0.15) is 32.8 Å². The summed E-state index contributed by atoms with van der Waals surface area (Å²) in [5.41, 5.74) is 1.26. The number of pyridine rings is 1. The van der Waals surface area contributed by atoms with Gasteiger partial charge in [0, 0.05) is 38.4 Å². The molecule has 0 amide bonds. The molecule has 2 heterocycles. The first kappa shape index (κ1) is 23.5. The van der Waals surface area contributed by atoms with Crippen molar-refractivity contribution in [3.05, 3.63) is 48.2 Å². The molecule has 7 nitrogen and oxygen atoms in total. The summed E-state index contributed by atoms with van der Waals surface area (Å²) in [4.78, 5) is 6.73. The Bertz CT molecular complexity index is 922. The van der Waals surface area contributed by atoms with Gasteiger partial charge in [0.2, 0.25) is 10.0 Å². The van der Waals surface area contributed by atoms with Crippen LogP contribution in [0, 0.1) is 0 Å². The summed E-state index contributed by atoms with van der Waals surface area (Å²) in [5.74, 6) is 1.58. The maximum absolute atomic E-state index is 12.8. The second-order valence-corrected chi connectivity index (χ2v) is 10.4. The number of aromatic nitrogens is 1. The Labute approximate surface area is 186 Å². The van der Waals surface area contributed by atoms with Crippen LogP contribution in [0.2, 0.25) is 0 Å². The van der Waals surface area contributed by atoms with E-state index in [1.54, 1.807) is 12.1 Å². The summed E-state index contributed by atoms with van der Waals surface area (Å²) in [5, 5.41) is 3.36. The average Bonchev–Trinajstić information content (AvgIpc) is 2.73. The Morgan fingerprint density at radius 2 is 1.71 bits per heavy atom. The zero-order chi connectivity index (χ0) is 22.4. The number of nitrogens with zero attached hydrogens (tertiary/aromatic N) is 3. The molecule has 1 aliphatic heterocycles. The summed E-state index contributed by atoms with van der Waals surface area (Å²) in [7, 11) is -1.48. The molecule has 0 spiro atoms. The number of sulfonamides is 1. The molecule has 0 saturated carbocycles. The molecule has 1 N–H and O–H groups in total. The van der Waals surface area contributed by atoms with Gasteiger partial charge in [0.15, 0.2) is 0 Å². The van der Waals surface area contributed by atoms with Crippen LogP contribution in [0.5, 0.6) is 5.75 Å². The van der Waals surface area contributed by atoms with Gasteiger partial charge in [-0.3, -0.25) is 0 Å². The number of anilines is 1. The molecule has 1 unspecified atom stereocenters. The Morgan fingerprint density at radius 3 is 2.29 bits per heavy atom. The van der Waals surface area contributed by atoms with E-state index in [-0.39, 0.29) is 17.0 Å². The van der Waals surface area contributed by atoms with Gasteiger partial charge in [-0.25, -0.2) is 13.4 Å². The van der Waals surface area contributed by atoms with E-state index >= 15 is 0 Å². The van der Waals surface area contributed by atoms with Crippen LogP contribution in [0.3, 0.4) is 0 Å². The fourth-order valence-corrected chi connectivity index (χ4v) is 4.88. The normalized spacial score (nSPS) is 16.9. The largest absolute Gasteiger partial charge is 0.491 e. The topological polar surface area (TPSA) is 74.8 Å². The van der Waals surface area contributed by atoms with Gasteiger partial charge in [-0.1, -0.05) is 12.1 Å². The van der Waals surface area contributed by atoms with Crippen molar-refractivity contribution < 1.29 is 13.2 Å². The van der Waals surface area contributed by atoms with Crippen LogP contribution in [-0.4, -0.2) is 68.0 Å². The van der Waals surface area contributed by atoms with E-state index < -0.39 is 10.0 Å². The molecule has 1 aromatic carbocycles. The number of piperazine rings is 1. The lowest BCUT2D eigenvalue weighted by Gasteiger charge is -2.31. The van der Waals surface area contributed by atoms with Gasteiger partial charge < -0.3 is 15.0 Å². The van der Waals surface area contributed by atoms with Gasteiger partial charge in [-0.15, -0.1) is 0 Å². The number of hydrogen-bond donors (Lipinski definition) is 1. The van der Waals surface area contributed by atoms with Gasteiger partial charge in [-0.05, 0) is 70.5 Å². The minimum Gasteiger partial charge on any atom is -0.491 e. The smallest absolute Gasteiger partial charge is 0.244 e. The average molecular weight is 447 g/mol. The molecular formula is C23H34N4O3S. The summed E-state index contributed by atoms with van der Waals surface area (Å²) < 4.78 is 32.8. The van der Waals surface area contributed by atoms with Crippen molar-refractivity contribution in [3.63, 3.8) is 0 Å². The van der Waals surface area contributed by atoms with E-state index in [1.165, 1.54) is 16.1 Å². The number of ether oxygens (including phenoxy) is 1. The Hall–Kier alpha value is -2.16. The molecule has 2 aromatic rings. The molecule has 0 bridgehead atoms. The lowest BCUT2D eigenvalue weighted by atomic mass is 10.1. The minimum atomic E-state index is -3.48. The number of aryl methyl sites for hydroxylation is 1. The van der Waals surface area contributed by atoms with Gasteiger partial charge in [-0.2, -0.15) is 4.31 Å². The van der Waals surface area contributed by atoms with Crippen molar-refractivity contribution in [3.8, 4) is 5.75 Å². The molecule has 1 fully saturated rings. The summed E-state index contributed by atoms with van der Waals surface area (Å²) >= 11 is 0. The Kier molecular flexibility index (Phi) is 7.91. The zero-order valence-electron chi connectivity index (χ0n) is 18.9. The van der Waals surface area contributed by atoms with Crippen molar-refractivity contribution in [1.29, 1.82) is 0 Å². The van der Waals surface area contributed by atoms with Gasteiger partial charge in [0.05, 0.1) is 6.10 Å². The second kappa shape index (κ2) is 10.4. The number of benzene rings is 1. The van der Waals surface area contributed by atoms with Crippen LogP contribution in [0.15, 0.2) is 47.5 Å². The fourth-order valence-electron chi connectivity index (χ4n) is 3.51. The van der Waals surface area contributed by atoms with Crippen molar-refractivity contribution in [1.82, 2.24) is 14.2 Å². The van der Waals surface area contributed by atoms with Crippen LogP contribution >= 0.6 is 0 Å². The van der Waals surface area contributed by atoms with Crippen LogP contribution in [0.25, 0.3) is 0 Å². The highest BCUT2D eigenvalue weighted by atomic mass is 32.2. The third-order valence-corrected chi connectivity index (χ3v) is 7.27. The predicted molar refractivity (Wildman–Crippen MR) is 124 cm³/mol. The molecule has 3 rings (SSSR count). The molecule has 0 aliphatic carbocycles. The maximum atomic E-state index is 12.8. The third kappa shape index (κ3) is 6.66. The van der Waals surface area contributed by atoms with E-state index in [4.69, 9.17) is 4.74 Å². The van der Waals surface area contributed by atoms with Gasteiger partial charge in [0.25, 0.3) is 0 Å². The Morgan fingerprint density at radius 1 is 1.03 bits per heavy atom. The predicted octanol–water partition coefficient (Wildman–Crippen LogP) is 3.24.